The molecule has 132 valence electrons. The van der Waals surface area contributed by atoms with Crippen molar-refractivity contribution in [1.29, 1.82) is 0 Å². The summed E-state index contributed by atoms with van der Waals surface area (Å²) in [6, 6.07) is 3.82. The van der Waals surface area contributed by atoms with Crippen LogP contribution in [0.3, 0.4) is 0 Å². The number of carbonyl (C=O) groups is 2. The quantitative estimate of drug-likeness (QED) is 0.335. The van der Waals surface area contributed by atoms with E-state index < -0.39 is 11.9 Å². The highest BCUT2D eigenvalue weighted by Gasteiger charge is 2.20. The second-order valence-electron chi connectivity index (χ2n) is 4.64. The largest absolute Gasteiger partial charge is 0.465 e. The zero-order chi connectivity index (χ0) is 18.7. The van der Waals surface area contributed by atoms with Gasteiger partial charge in [-0.15, -0.1) is 5.10 Å². The summed E-state index contributed by atoms with van der Waals surface area (Å²) in [5.74, 6) is 9.21. The zero-order valence-electron chi connectivity index (χ0n) is 12.8. The fourth-order valence-electron chi connectivity index (χ4n) is 1.87. The number of anilines is 2. The van der Waals surface area contributed by atoms with Crippen LogP contribution in [0, 0.1) is 0 Å². The van der Waals surface area contributed by atoms with E-state index in [1.54, 1.807) is 0 Å². The van der Waals surface area contributed by atoms with Crippen molar-refractivity contribution in [3.8, 4) is 0 Å². The van der Waals surface area contributed by atoms with Gasteiger partial charge in [-0.25, -0.2) is 4.79 Å². The van der Waals surface area contributed by atoms with E-state index >= 15 is 0 Å². The highest BCUT2D eigenvalue weighted by Crippen LogP contribution is 2.30. The number of aromatic nitrogens is 2. The fraction of sp³-hybridized carbons (Fsp3) is 0.0769. The van der Waals surface area contributed by atoms with Gasteiger partial charge in [0.15, 0.2) is 11.2 Å². The minimum absolute atomic E-state index is 0.00183. The predicted molar refractivity (Wildman–Crippen MR) is 92.3 cm³/mol. The molecule has 0 atom stereocenters. The molecule has 0 saturated heterocycles. The van der Waals surface area contributed by atoms with E-state index in [0.29, 0.717) is 0 Å². The molecule has 0 unspecified atom stereocenters. The third kappa shape index (κ3) is 3.75. The van der Waals surface area contributed by atoms with Crippen LogP contribution in [0.1, 0.15) is 20.8 Å². The highest BCUT2D eigenvalue weighted by molar-refractivity contribution is 6.42. The van der Waals surface area contributed by atoms with Crippen LogP contribution in [0.15, 0.2) is 23.3 Å². The lowest BCUT2D eigenvalue weighted by Crippen LogP contribution is -2.34. The average molecular weight is 386 g/mol. The van der Waals surface area contributed by atoms with Crippen LogP contribution >= 0.6 is 23.2 Å². The van der Waals surface area contributed by atoms with Crippen molar-refractivity contribution in [2.24, 2.45) is 10.9 Å². The molecule has 25 heavy (non-hydrogen) atoms. The van der Waals surface area contributed by atoms with Gasteiger partial charge in [-0.1, -0.05) is 23.2 Å². The number of ether oxygens (including phenoxy) is 1. The van der Waals surface area contributed by atoms with Gasteiger partial charge in [-0.2, -0.15) is 9.89 Å². The van der Waals surface area contributed by atoms with Gasteiger partial charge < -0.3 is 27.5 Å². The standard InChI is InChI=1S/C13H13Cl2N7O3/c1-25-13(24)5-2-6(14)7(15)3-9(5)19-12(23)11-8(16)4-10(20-17)22(18)21-11/h2-4H,16-18H2,1H3,(H,19,23)/b20-10-. The number of hydrogen-bond acceptors (Lipinski definition) is 8. The summed E-state index contributed by atoms with van der Waals surface area (Å²) in [6.45, 7) is 0. The van der Waals surface area contributed by atoms with E-state index in [0.717, 1.165) is 4.79 Å². The van der Waals surface area contributed by atoms with Gasteiger partial charge in [0.1, 0.15) is 0 Å². The molecule has 1 aromatic heterocycles. The summed E-state index contributed by atoms with van der Waals surface area (Å²) in [5.41, 5.74) is 5.63. The maximum Gasteiger partial charge on any atom is 0.340 e. The van der Waals surface area contributed by atoms with E-state index in [2.05, 4.69) is 20.3 Å². The van der Waals surface area contributed by atoms with Crippen molar-refractivity contribution in [2.45, 2.75) is 0 Å². The molecule has 2 aromatic rings. The number of esters is 1. The molecule has 1 amide bonds. The minimum atomic E-state index is -0.746. The summed E-state index contributed by atoms with van der Waals surface area (Å²) in [6.07, 6.45) is 0. The summed E-state index contributed by atoms with van der Waals surface area (Å²) >= 11 is 11.8. The van der Waals surface area contributed by atoms with E-state index in [9.17, 15) is 9.59 Å². The molecule has 1 aromatic carbocycles. The molecule has 0 aliphatic heterocycles. The Labute approximate surface area is 151 Å². The van der Waals surface area contributed by atoms with Gasteiger partial charge in [0.2, 0.25) is 0 Å². The zero-order valence-corrected chi connectivity index (χ0v) is 14.3. The normalized spacial score (nSPS) is 11.2. The average Bonchev–Trinajstić information content (AvgIpc) is 2.58. The van der Waals surface area contributed by atoms with Crippen molar-refractivity contribution in [3.63, 3.8) is 0 Å². The van der Waals surface area contributed by atoms with Gasteiger partial charge in [-0.05, 0) is 12.1 Å². The molecule has 0 saturated carbocycles. The first kappa shape index (κ1) is 18.4. The minimum Gasteiger partial charge on any atom is -0.465 e. The first-order valence-electron chi connectivity index (χ1n) is 6.56. The molecule has 2 rings (SSSR count). The van der Waals surface area contributed by atoms with Gasteiger partial charge in [0, 0.05) is 6.07 Å². The highest BCUT2D eigenvalue weighted by atomic mass is 35.5. The van der Waals surface area contributed by atoms with Crippen LogP contribution in [0.25, 0.3) is 0 Å². The monoisotopic (exact) mass is 385 g/mol. The molecular weight excluding hydrogens is 373 g/mol. The number of hydrogen-bond donors (Lipinski definition) is 4. The Morgan fingerprint density at radius 1 is 1.28 bits per heavy atom. The molecule has 0 bridgehead atoms. The smallest absolute Gasteiger partial charge is 0.340 e. The molecule has 1 heterocycles. The summed E-state index contributed by atoms with van der Waals surface area (Å²) in [5, 5.41) is 9.84. The molecule has 0 radical (unpaired) electrons. The van der Waals surface area contributed by atoms with Crippen LogP contribution < -0.4 is 28.2 Å². The molecule has 0 aliphatic rings. The third-order valence-corrected chi connectivity index (χ3v) is 3.78. The molecule has 7 N–H and O–H groups in total. The van der Waals surface area contributed by atoms with Crippen molar-refractivity contribution in [1.82, 2.24) is 9.89 Å². The van der Waals surface area contributed by atoms with Crippen molar-refractivity contribution in [2.75, 3.05) is 24.0 Å². The maximum atomic E-state index is 12.4. The van der Waals surface area contributed by atoms with Crippen molar-refractivity contribution >= 4 is 46.5 Å². The number of rotatable bonds is 3. The number of carbonyl (C=O) groups excluding carboxylic acids is 2. The Morgan fingerprint density at radius 3 is 2.52 bits per heavy atom. The van der Waals surface area contributed by atoms with Crippen LogP contribution in [0.2, 0.25) is 10.0 Å². The molecule has 10 nitrogen and oxygen atoms in total. The lowest BCUT2D eigenvalue weighted by atomic mass is 10.1. The van der Waals surface area contributed by atoms with Crippen molar-refractivity contribution in [3.05, 3.63) is 45.0 Å². The number of halogens is 2. The van der Waals surface area contributed by atoms with E-state index in [4.69, 9.17) is 40.6 Å². The Hall–Kier alpha value is -2.98. The number of nitrogen functional groups attached to an aromatic ring is 2. The number of nitrogens with two attached hydrogens (primary N) is 3. The number of amides is 1. The number of methoxy groups -OCH3 is 1. The van der Waals surface area contributed by atoms with E-state index in [1.807, 2.05) is 0 Å². The molecule has 0 aliphatic carbocycles. The summed E-state index contributed by atoms with van der Waals surface area (Å²) in [7, 11) is 1.18. The topological polar surface area (TPSA) is 164 Å². The van der Waals surface area contributed by atoms with Crippen LogP contribution in [0.5, 0.6) is 0 Å². The van der Waals surface area contributed by atoms with Gasteiger partial charge in [0.05, 0.1) is 34.1 Å². The lowest BCUT2D eigenvalue weighted by Gasteiger charge is -2.12. The Kier molecular flexibility index (Phi) is 5.35. The Morgan fingerprint density at radius 2 is 1.92 bits per heavy atom. The summed E-state index contributed by atoms with van der Waals surface area (Å²) in [4.78, 5) is 25.1. The van der Waals surface area contributed by atoms with Gasteiger partial charge >= 0.3 is 5.97 Å². The number of nitrogens with zero attached hydrogens (tertiary/aromatic N) is 3. The van der Waals surface area contributed by atoms with E-state index in [1.165, 1.54) is 25.3 Å². The second-order valence-corrected chi connectivity index (χ2v) is 5.45. The van der Waals surface area contributed by atoms with Gasteiger partial charge in [-0.3, -0.25) is 4.79 Å². The van der Waals surface area contributed by atoms with Gasteiger partial charge in [0.25, 0.3) is 5.91 Å². The molecule has 0 spiro atoms. The lowest BCUT2D eigenvalue weighted by molar-refractivity contribution is 0.0602. The Balaban J connectivity index is 2.47. The molecular formula is C13H13Cl2N7O3. The first-order valence-corrected chi connectivity index (χ1v) is 7.31. The van der Waals surface area contributed by atoms with Crippen LogP contribution in [-0.2, 0) is 4.74 Å². The summed E-state index contributed by atoms with van der Waals surface area (Å²) < 4.78 is 4.65. The second kappa shape index (κ2) is 7.28. The van der Waals surface area contributed by atoms with E-state index in [-0.39, 0.29) is 38.2 Å². The van der Waals surface area contributed by atoms with Crippen LogP contribution in [-0.4, -0.2) is 28.9 Å². The predicted octanol–water partition coefficient (Wildman–Crippen LogP) is 0.299. The fourth-order valence-corrected chi connectivity index (χ4v) is 2.20. The Bertz CT molecular complexity index is 927. The maximum absolute atomic E-state index is 12.4. The number of nitrogens with one attached hydrogen (secondary N) is 1. The SMILES string of the molecule is COC(=O)c1cc(Cl)c(Cl)cc1NC(=O)c1nn(N)/c(=N\N)cc1N. The van der Waals surface area contributed by atoms with Crippen LogP contribution in [0.4, 0.5) is 11.4 Å². The third-order valence-electron chi connectivity index (χ3n) is 3.06. The van der Waals surface area contributed by atoms with Crippen molar-refractivity contribution < 1.29 is 14.3 Å². The number of benzene rings is 1. The molecule has 0 fully saturated rings. The molecule has 12 heteroatoms. The first-order chi connectivity index (χ1) is 11.8.